The predicted molar refractivity (Wildman–Crippen MR) is 83.6 cm³/mol. The van der Waals surface area contributed by atoms with Gasteiger partial charge in [0.1, 0.15) is 5.82 Å². The van der Waals surface area contributed by atoms with Crippen LogP contribution in [0.15, 0.2) is 18.3 Å². The molecule has 0 saturated heterocycles. The van der Waals surface area contributed by atoms with Crippen LogP contribution in [-0.4, -0.2) is 36.7 Å². The Hall–Kier alpha value is -1.62. The largest absolute Gasteiger partial charge is 0.376 e. The molecule has 1 heterocycles. The predicted octanol–water partition coefficient (Wildman–Crippen LogP) is 2.59. The normalized spacial score (nSPS) is 15.7. The molecular weight excluding hydrogens is 266 g/mol. The van der Waals surface area contributed by atoms with Gasteiger partial charge < -0.3 is 15.4 Å². The number of nitrogens with zero attached hydrogens (tertiary/aromatic N) is 1. The van der Waals surface area contributed by atoms with Crippen molar-refractivity contribution >= 4 is 11.7 Å². The van der Waals surface area contributed by atoms with E-state index in [1.807, 2.05) is 13.0 Å². The molecule has 0 atom stereocenters. The Morgan fingerprint density at radius 1 is 1.33 bits per heavy atom. The van der Waals surface area contributed by atoms with E-state index >= 15 is 0 Å². The van der Waals surface area contributed by atoms with E-state index in [-0.39, 0.29) is 5.91 Å². The summed E-state index contributed by atoms with van der Waals surface area (Å²) in [6.45, 7) is 3.95. The maximum atomic E-state index is 11.9. The van der Waals surface area contributed by atoms with Crippen LogP contribution in [0.2, 0.25) is 0 Å². The van der Waals surface area contributed by atoms with Gasteiger partial charge in [-0.2, -0.15) is 0 Å². The van der Waals surface area contributed by atoms with E-state index in [4.69, 9.17) is 4.74 Å². The summed E-state index contributed by atoms with van der Waals surface area (Å²) in [5.74, 6) is 0.687. The van der Waals surface area contributed by atoms with Gasteiger partial charge in [0.2, 0.25) is 0 Å². The van der Waals surface area contributed by atoms with E-state index in [2.05, 4.69) is 15.6 Å². The molecule has 0 spiro atoms. The average molecular weight is 291 g/mol. The first-order chi connectivity index (χ1) is 10.3. The number of hydrogen-bond donors (Lipinski definition) is 2. The fourth-order valence-corrected chi connectivity index (χ4v) is 2.54. The molecule has 1 aromatic heterocycles. The summed E-state index contributed by atoms with van der Waals surface area (Å²) in [5.41, 5.74) is 0.578. The third-order valence-corrected chi connectivity index (χ3v) is 3.68. The van der Waals surface area contributed by atoms with Crippen molar-refractivity contribution in [2.24, 2.45) is 0 Å². The molecule has 1 aromatic rings. The van der Waals surface area contributed by atoms with Crippen LogP contribution in [0.3, 0.4) is 0 Å². The average Bonchev–Trinajstić information content (AvgIpc) is 2.53. The maximum absolute atomic E-state index is 11.9. The highest BCUT2D eigenvalue weighted by Gasteiger charge is 2.13. The second-order valence-corrected chi connectivity index (χ2v) is 5.35. The van der Waals surface area contributed by atoms with Crippen molar-refractivity contribution in [2.75, 3.05) is 25.0 Å². The zero-order chi connectivity index (χ0) is 14.9. The van der Waals surface area contributed by atoms with E-state index in [1.54, 1.807) is 12.3 Å². The summed E-state index contributed by atoms with van der Waals surface area (Å²) in [7, 11) is 0. The molecule has 2 N–H and O–H groups in total. The third kappa shape index (κ3) is 5.34. The van der Waals surface area contributed by atoms with Gasteiger partial charge in [0.25, 0.3) is 5.91 Å². The van der Waals surface area contributed by atoms with Crippen molar-refractivity contribution < 1.29 is 9.53 Å². The number of pyridine rings is 1. The van der Waals surface area contributed by atoms with Gasteiger partial charge in [0, 0.05) is 19.3 Å². The van der Waals surface area contributed by atoms with Gasteiger partial charge in [0.05, 0.1) is 18.3 Å². The van der Waals surface area contributed by atoms with Crippen LogP contribution in [-0.2, 0) is 4.74 Å². The minimum atomic E-state index is -0.0993. The lowest BCUT2D eigenvalue weighted by Gasteiger charge is -2.21. The molecule has 1 amide bonds. The van der Waals surface area contributed by atoms with Crippen molar-refractivity contribution in [1.82, 2.24) is 10.3 Å². The first-order valence-electron chi connectivity index (χ1n) is 7.89. The number of rotatable bonds is 7. The lowest BCUT2D eigenvalue weighted by Crippen LogP contribution is -2.29. The number of carbonyl (C=O) groups is 1. The van der Waals surface area contributed by atoms with Gasteiger partial charge >= 0.3 is 0 Å². The summed E-state index contributed by atoms with van der Waals surface area (Å²) >= 11 is 0. The summed E-state index contributed by atoms with van der Waals surface area (Å²) in [5, 5.41) is 5.97. The number of hydrogen-bond acceptors (Lipinski definition) is 4. The fraction of sp³-hybridized carbons (Fsp3) is 0.625. The maximum Gasteiger partial charge on any atom is 0.252 e. The number of ether oxygens (including phenoxy) is 1. The molecule has 5 nitrogen and oxygen atoms in total. The van der Waals surface area contributed by atoms with E-state index in [1.165, 1.54) is 19.3 Å². The van der Waals surface area contributed by atoms with Crippen molar-refractivity contribution in [1.29, 1.82) is 0 Å². The molecule has 1 fully saturated rings. The quantitative estimate of drug-likeness (QED) is 0.758. The Morgan fingerprint density at radius 3 is 2.81 bits per heavy atom. The van der Waals surface area contributed by atoms with Crippen LogP contribution in [0.1, 0.15) is 49.4 Å². The van der Waals surface area contributed by atoms with Gasteiger partial charge in [-0.3, -0.25) is 4.79 Å². The molecule has 0 aliphatic heterocycles. The SMILES string of the molecule is CCNc1ccc(C(=O)NCCOC2CCCCC2)cn1. The second kappa shape index (κ2) is 8.62. The number of nitrogens with one attached hydrogen (secondary N) is 2. The number of anilines is 1. The standard InChI is InChI=1S/C16H25N3O2/c1-2-17-15-9-8-13(12-19-15)16(20)18-10-11-21-14-6-4-3-5-7-14/h8-9,12,14H,2-7,10-11H2,1H3,(H,17,19)(H,18,20). The van der Waals surface area contributed by atoms with Crippen LogP contribution in [0.4, 0.5) is 5.82 Å². The summed E-state index contributed by atoms with van der Waals surface area (Å²) in [6, 6.07) is 3.60. The summed E-state index contributed by atoms with van der Waals surface area (Å²) in [6.07, 6.45) is 8.15. The lowest BCUT2D eigenvalue weighted by molar-refractivity contribution is 0.0299. The van der Waals surface area contributed by atoms with Gasteiger partial charge in [-0.25, -0.2) is 4.98 Å². The Labute approximate surface area is 126 Å². The zero-order valence-electron chi connectivity index (χ0n) is 12.7. The molecule has 0 radical (unpaired) electrons. The Bertz CT molecular complexity index is 428. The lowest BCUT2D eigenvalue weighted by atomic mass is 9.98. The molecule has 5 heteroatoms. The third-order valence-electron chi connectivity index (χ3n) is 3.68. The van der Waals surface area contributed by atoms with Gasteiger partial charge in [-0.1, -0.05) is 19.3 Å². The molecular formula is C16H25N3O2. The molecule has 0 bridgehead atoms. The molecule has 0 unspecified atom stereocenters. The smallest absolute Gasteiger partial charge is 0.252 e. The minimum Gasteiger partial charge on any atom is -0.376 e. The van der Waals surface area contributed by atoms with Crippen LogP contribution in [0.5, 0.6) is 0 Å². The van der Waals surface area contributed by atoms with Crippen molar-refractivity contribution in [3.8, 4) is 0 Å². The van der Waals surface area contributed by atoms with E-state index in [0.29, 0.717) is 24.8 Å². The van der Waals surface area contributed by atoms with Crippen LogP contribution in [0.25, 0.3) is 0 Å². The Morgan fingerprint density at radius 2 is 2.14 bits per heavy atom. The van der Waals surface area contributed by atoms with Gasteiger partial charge in [0.15, 0.2) is 0 Å². The fourth-order valence-electron chi connectivity index (χ4n) is 2.54. The number of amides is 1. The monoisotopic (exact) mass is 291 g/mol. The first kappa shape index (κ1) is 15.8. The molecule has 1 aliphatic rings. The van der Waals surface area contributed by atoms with Gasteiger partial charge in [-0.05, 0) is 31.9 Å². The molecule has 21 heavy (non-hydrogen) atoms. The van der Waals surface area contributed by atoms with Crippen molar-refractivity contribution in [2.45, 2.75) is 45.1 Å². The van der Waals surface area contributed by atoms with Crippen molar-refractivity contribution in [3.63, 3.8) is 0 Å². The summed E-state index contributed by atoms with van der Waals surface area (Å²) < 4.78 is 5.78. The highest BCUT2D eigenvalue weighted by molar-refractivity contribution is 5.94. The molecule has 1 aliphatic carbocycles. The number of carbonyl (C=O) groups excluding carboxylic acids is 1. The second-order valence-electron chi connectivity index (χ2n) is 5.35. The van der Waals surface area contributed by atoms with Gasteiger partial charge in [-0.15, -0.1) is 0 Å². The molecule has 116 valence electrons. The van der Waals surface area contributed by atoms with Crippen molar-refractivity contribution in [3.05, 3.63) is 23.9 Å². The van der Waals surface area contributed by atoms with Crippen LogP contribution < -0.4 is 10.6 Å². The number of aromatic nitrogens is 1. The summed E-state index contributed by atoms with van der Waals surface area (Å²) in [4.78, 5) is 16.1. The topological polar surface area (TPSA) is 63.2 Å². The minimum absolute atomic E-state index is 0.0993. The Kier molecular flexibility index (Phi) is 6.47. The highest BCUT2D eigenvalue weighted by atomic mass is 16.5. The molecule has 0 aromatic carbocycles. The van der Waals surface area contributed by atoms with E-state index in [0.717, 1.165) is 25.2 Å². The highest BCUT2D eigenvalue weighted by Crippen LogP contribution is 2.19. The van der Waals surface area contributed by atoms with E-state index < -0.39 is 0 Å². The van der Waals surface area contributed by atoms with E-state index in [9.17, 15) is 4.79 Å². The zero-order valence-corrected chi connectivity index (χ0v) is 12.7. The molecule has 1 saturated carbocycles. The molecule has 2 rings (SSSR count). The first-order valence-corrected chi connectivity index (χ1v) is 7.89. The Balaban J connectivity index is 1.66. The van der Waals surface area contributed by atoms with Crippen LogP contribution >= 0.6 is 0 Å². The van der Waals surface area contributed by atoms with Crippen LogP contribution in [0, 0.1) is 0 Å².